The number of benzene rings is 1. The molecule has 138 valence electrons. The molecule has 1 aromatic heterocycles. The van der Waals surface area contributed by atoms with Gasteiger partial charge in [0.15, 0.2) is 11.0 Å². The highest BCUT2D eigenvalue weighted by atomic mass is 32.2. The van der Waals surface area contributed by atoms with E-state index in [1.165, 1.54) is 18.2 Å². The van der Waals surface area contributed by atoms with Gasteiger partial charge in [-0.05, 0) is 12.0 Å². The van der Waals surface area contributed by atoms with Crippen LogP contribution in [0.25, 0.3) is 11.4 Å². The number of hydrogen-bond acceptors (Lipinski definition) is 6. The van der Waals surface area contributed by atoms with Crippen LogP contribution in [0.4, 0.5) is 5.69 Å². The standard InChI is InChI=1S/C15H17N5O5S/c1-8(2)6-16-14(23)10-3-9(4-11(5-10)20(24)25)13-17-15(19-18-13)26-7-12(21)22/h3-5,8H,6-7H2,1-2H3,(H3-,16,17,18,19,21,22,23,24,25)/p+1. The van der Waals surface area contributed by atoms with Gasteiger partial charge < -0.3 is 15.4 Å². The van der Waals surface area contributed by atoms with Gasteiger partial charge in [-0.2, -0.15) is 0 Å². The summed E-state index contributed by atoms with van der Waals surface area (Å²) < 4.78 is 0. The van der Waals surface area contributed by atoms with Crippen LogP contribution in [0.15, 0.2) is 23.4 Å². The van der Waals surface area contributed by atoms with Crippen molar-refractivity contribution in [2.24, 2.45) is 5.92 Å². The van der Waals surface area contributed by atoms with Crippen LogP contribution in [0, 0.1) is 10.8 Å². The summed E-state index contributed by atoms with van der Waals surface area (Å²) in [5, 5.41) is 28.6. The van der Waals surface area contributed by atoms with Crippen LogP contribution < -0.4 is 5.32 Å². The van der Waals surface area contributed by atoms with Gasteiger partial charge >= 0.3 is 11.7 Å². The average Bonchev–Trinajstić information content (AvgIpc) is 3.06. The van der Waals surface area contributed by atoms with Crippen molar-refractivity contribution in [2.45, 2.75) is 19.0 Å². The fourth-order valence-corrected chi connectivity index (χ4v) is 2.49. The van der Waals surface area contributed by atoms with Crippen LogP contribution in [0.2, 0.25) is 0 Å². The predicted molar refractivity (Wildman–Crippen MR) is 92.4 cm³/mol. The van der Waals surface area contributed by atoms with E-state index in [-0.39, 0.29) is 38.8 Å². The second-order valence-corrected chi connectivity index (χ2v) is 6.77. The Hall–Kier alpha value is -2.95. The number of aliphatic carboxylic acids is 1. The molecule has 11 heteroatoms. The van der Waals surface area contributed by atoms with E-state index in [0.717, 1.165) is 11.8 Å². The first-order valence-corrected chi connectivity index (χ1v) is 8.62. The maximum absolute atomic E-state index is 12.3. The van der Waals surface area contributed by atoms with Crippen LogP contribution in [0.5, 0.6) is 0 Å². The van der Waals surface area contributed by atoms with Gasteiger partial charge in [0.1, 0.15) is 0 Å². The second kappa shape index (κ2) is 8.43. The summed E-state index contributed by atoms with van der Waals surface area (Å²) in [7, 11) is 0. The number of carbonyl (C=O) groups is 2. The number of H-pyrrole nitrogens is 1. The van der Waals surface area contributed by atoms with Crippen LogP contribution in [-0.2, 0) is 4.79 Å². The molecule has 0 fully saturated rings. The Balaban J connectivity index is 2.31. The number of carboxylic acids is 1. The molecule has 0 aliphatic heterocycles. The SMILES string of the molecule is CC(C)CNC(=O)c1cc(-c2nnc(SCC(=O)O)[nH]2)cc([N+](=O)O)c1. The van der Waals surface area contributed by atoms with E-state index in [4.69, 9.17) is 5.11 Å². The normalized spacial score (nSPS) is 10.7. The van der Waals surface area contributed by atoms with E-state index in [0.29, 0.717) is 12.1 Å². The molecular weight excluding hydrogens is 362 g/mol. The molecule has 0 bridgehead atoms. The summed E-state index contributed by atoms with van der Waals surface area (Å²) in [6.07, 6.45) is 0. The zero-order valence-electron chi connectivity index (χ0n) is 14.1. The molecule has 0 aliphatic carbocycles. The lowest BCUT2D eigenvalue weighted by atomic mass is 10.1. The van der Waals surface area contributed by atoms with E-state index in [1.54, 1.807) is 0 Å². The molecule has 0 saturated heterocycles. The lowest BCUT2D eigenvalue weighted by Crippen LogP contribution is -2.27. The maximum atomic E-state index is 12.3. The highest BCUT2D eigenvalue weighted by molar-refractivity contribution is 7.99. The van der Waals surface area contributed by atoms with E-state index >= 15 is 0 Å². The van der Waals surface area contributed by atoms with Gasteiger partial charge in [0.2, 0.25) is 0 Å². The van der Waals surface area contributed by atoms with Crippen molar-refractivity contribution < 1.29 is 24.8 Å². The number of thioether (sulfide) groups is 1. The summed E-state index contributed by atoms with van der Waals surface area (Å²) in [6, 6.07) is 4.08. The molecule has 0 saturated carbocycles. The van der Waals surface area contributed by atoms with Crippen molar-refractivity contribution in [2.75, 3.05) is 12.3 Å². The fourth-order valence-electron chi connectivity index (χ4n) is 1.96. The monoisotopic (exact) mass is 380 g/mol. The molecule has 0 atom stereocenters. The third-order valence-electron chi connectivity index (χ3n) is 3.14. The molecule has 2 rings (SSSR count). The summed E-state index contributed by atoms with van der Waals surface area (Å²) in [5.74, 6) is -1.11. The number of hydrogen-bond donors (Lipinski definition) is 4. The summed E-state index contributed by atoms with van der Waals surface area (Å²) in [4.78, 5) is 36.6. The number of carbonyl (C=O) groups excluding carboxylic acids is 1. The minimum absolute atomic E-state index is 0.145. The summed E-state index contributed by atoms with van der Waals surface area (Å²) in [5.41, 5.74) is 0.374. The van der Waals surface area contributed by atoms with Crippen LogP contribution in [-0.4, -0.2) is 54.6 Å². The Kier molecular flexibility index (Phi) is 6.28. The molecule has 0 radical (unpaired) electrons. The lowest BCUT2D eigenvalue weighted by Gasteiger charge is -2.08. The van der Waals surface area contributed by atoms with Crippen molar-refractivity contribution in [3.63, 3.8) is 0 Å². The molecule has 0 spiro atoms. The minimum Gasteiger partial charge on any atom is -0.481 e. The number of nitrogens with one attached hydrogen (secondary N) is 2. The maximum Gasteiger partial charge on any atom is 0.318 e. The van der Waals surface area contributed by atoms with Crippen LogP contribution in [0.1, 0.15) is 24.2 Å². The Morgan fingerprint density at radius 1 is 1.31 bits per heavy atom. The van der Waals surface area contributed by atoms with Gasteiger partial charge in [-0.1, -0.05) is 25.6 Å². The largest absolute Gasteiger partial charge is 0.481 e. The van der Waals surface area contributed by atoms with E-state index < -0.39 is 11.9 Å². The van der Waals surface area contributed by atoms with Gasteiger partial charge in [0.25, 0.3) is 10.8 Å². The smallest absolute Gasteiger partial charge is 0.318 e. The van der Waals surface area contributed by atoms with Gasteiger partial charge in [-0.15, -0.1) is 10.2 Å². The van der Waals surface area contributed by atoms with Gasteiger partial charge in [0.05, 0.1) is 10.7 Å². The first-order valence-electron chi connectivity index (χ1n) is 7.63. The van der Waals surface area contributed by atoms with Crippen molar-refractivity contribution in [3.8, 4) is 11.4 Å². The van der Waals surface area contributed by atoms with Crippen molar-refractivity contribution >= 4 is 29.3 Å². The Morgan fingerprint density at radius 2 is 2.04 bits per heavy atom. The van der Waals surface area contributed by atoms with Crippen molar-refractivity contribution in [3.05, 3.63) is 28.7 Å². The second-order valence-electron chi connectivity index (χ2n) is 5.81. The van der Waals surface area contributed by atoms with E-state index in [1.807, 2.05) is 13.8 Å². The molecule has 2 aromatic rings. The molecule has 26 heavy (non-hydrogen) atoms. The Morgan fingerprint density at radius 3 is 2.65 bits per heavy atom. The number of aromatic nitrogens is 3. The minimum atomic E-state index is -0.999. The van der Waals surface area contributed by atoms with Gasteiger partial charge in [-0.3, -0.25) is 9.59 Å². The predicted octanol–water partition coefficient (Wildman–Crippen LogP) is 1.83. The summed E-state index contributed by atoms with van der Waals surface area (Å²) >= 11 is 0.947. The molecule has 10 nitrogen and oxygen atoms in total. The third kappa shape index (κ3) is 5.28. The van der Waals surface area contributed by atoms with Crippen LogP contribution in [0.3, 0.4) is 0 Å². The fraction of sp³-hybridized carbons (Fsp3) is 0.333. The Labute approximate surface area is 152 Å². The quantitative estimate of drug-likeness (QED) is 0.400. The highest BCUT2D eigenvalue weighted by Crippen LogP contribution is 2.25. The first-order chi connectivity index (χ1) is 12.3. The van der Waals surface area contributed by atoms with Crippen LogP contribution >= 0.6 is 11.8 Å². The molecule has 0 aliphatic rings. The number of amides is 1. The number of nitrogens with zero attached hydrogens (tertiary/aromatic N) is 3. The summed E-state index contributed by atoms with van der Waals surface area (Å²) in [6.45, 7) is 4.34. The number of aromatic amines is 1. The molecular formula is C15H18N5O5S+. The number of rotatable bonds is 8. The first kappa shape index (κ1) is 19.4. The topological polar surface area (TPSA) is 148 Å². The lowest BCUT2D eigenvalue weighted by molar-refractivity contribution is -0.729. The number of carboxylic acid groups (broad SMARTS) is 1. The van der Waals surface area contributed by atoms with Crippen molar-refractivity contribution in [1.29, 1.82) is 0 Å². The molecule has 1 heterocycles. The third-order valence-corrected chi connectivity index (χ3v) is 3.99. The van der Waals surface area contributed by atoms with E-state index in [9.17, 15) is 19.7 Å². The van der Waals surface area contributed by atoms with Gasteiger partial charge in [-0.25, -0.2) is 5.21 Å². The highest BCUT2D eigenvalue weighted by Gasteiger charge is 2.20. The zero-order chi connectivity index (χ0) is 19.3. The Bertz CT molecular complexity index is 836. The molecule has 4 N–H and O–H groups in total. The molecule has 1 aromatic carbocycles. The molecule has 0 unspecified atom stereocenters. The average molecular weight is 380 g/mol. The van der Waals surface area contributed by atoms with Crippen molar-refractivity contribution in [1.82, 2.24) is 20.5 Å². The molecule has 1 amide bonds. The zero-order valence-corrected chi connectivity index (χ0v) is 14.9. The van der Waals surface area contributed by atoms with Gasteiger partial charge in [0, 0.05) is 29.8 Å². The van der Waals surface area contributed by atoms with E-state index in [2.05, 4.69) is 20.5 Å².